The largest absolute Gasteiger partial charge is 0.325 e. The quantitative estimate of drug-likeness (QED) is 0.933. The number of benzene rings is 1. The maximum atomic E-state index is 12.2. The molecule has 3 rings (SSSR count). The molecule has 1 aromatic rings. The molecular weight excluding hydrogens is 274 g/mol. The molecule has 1 aliphatic heterocycles. The van der Waals surface area contributed by atoms with Gasteiger partial charge in [0.05, 0.1) is 18.2 Å². The number of carbonyl (C=O) groups excluding carboxylic acids is 1. The van der Waals surface area contributed by atoms with Gasteiger partial charge in [-0.05, 0) is 55.5 Å². The minimum Gasteiger partial charge on any atom is -0.325 e. The van der Waals surface area contributed by atoms with Crippen LogP contribution < -0.4 is 5.32 Å². The summed E-state index contributed by atoms with van der Waals surface area (Å²) in [7, 11) is 0. The Kier molecular flexibility index (Phi) is 4.74. The Labute approximate surface area is 132 Å². The normalized spacial score (nSPS) is 25.0. The van der Waals surface area contributed by atoms with Crippen molar-refractivity contribution in [1.82, 2.24) is 4.90 Å². The standard InChI is InChI=1S/C18H23N3O/c19-11-14-5-7-17(8-6-14)20-18(22)13-21-10-9-15-3-1-2-4-16(15)12-21/h5-8,15-16H,1-4,9-10,12-13H2,(H,20,22)/t15-,16+/m0/s1. The number of amides is 1. The van der Waals surface area contributed by atoms with Gasteiger partial charge in [-0.1, -0.05) is 19.3 Å². The second kappa shape index (κ2) is 6.93. The lowest BCUT2D eigenvalue weighted by Gasteiger charge is -2.41. The summed E-state index contributed by atoms with van der Waals surface area (Å²) in [6.07, 6.45) is 6.70. The number of fused-ring (bicyclic) bond motifs is 1. The number of nitriles is 1. The lowest BCUT2D eigenvalue weighted by molar-refractivity contribution is -0.118. The zero-order valence-electron chi connectivity index (χ0n) is 12.9. The second-order valence-electron chi connectivity index (χ2n) is 6.57. The first-order valence-corrected chi connectivity index (χ1v) is 8.27. The van der Waals surface area contributed by atoms with Crippen LogP contribution in [0.25, 0.3) is 0 Å². The van der Waals surface area contributed by atoms with Crippen LogP contribution in [-0.2, 0) is 4.79 Å². The summed E-state index contributed by atoms with van der Waals surface area (Å²) in [6.45, 7) is 2.59. The second-order valence-corrected chi connectivity index (χ2v) is 6.57. The minimum absolute atomic E-state index is 0.0407. The number of nitrogens with zero attached hydrogens (tertiary/aromatic N) is 2. The summed E-state index contributed by atoms with van der Waals surface area (Å²) in [4.78, 5) is 14.5. The molecule has 0 radical (unpaired) electrons. The van der Waals surface area contributed by atoms with Gasteiger partial charge in [0.15, 0.2) is 0 Å². The molecule has 1 N–H and O–H groups in total. The van der Waals surface area contributed by atoms with E-state index in [-0.39, 0.29) is 5.91 Å². The van der Waals surface area contributed by atoms with Gasteiger partial charge in [-0.25, -0.2) is 0 Å². The smallest absolute Gasteiger partial charge is 0.238 e. The van der Waals surface area contributed by atoms with E-state index in [1.54, 1.807) is 24.3 Å². The molecule has 116 valence electrons. The maximum Gasteiger partial charge on any atom is 0.238 e. The number of nitrogens with one attached hydrogen (secondary N) is 1. The molecule has 2 fully saturated rings. The van der Waals surface area contributed by atoms with Crippen LogP contribution in [0.2, 0.25) is 0 Å². The topological polar surface area (TPSA) is 56.1 Å². The molecule has 1 saturated carbocycles. The molecule has 22 heavy (non-hydrogen) atoms. The number of hydrogen-bond acceptors (Lipinski definition) is 3. The predicted molar refractivity (Wildman–Crippen MR) is 86.3 cm³/mol. The highest BCUT2D eigenvalue weighted by Gasteiger charge is 2.31. The highest BCUT2D eigenvalue weighted by atomic mass is 16.2. The Morgan fingerprint density at radius 3 is 2.64 bits per heavy atom. The summed E-state index contributed by atoms with van der Waals surface area (Å²) in [5, 5.41) is 11.7. The summed E-state index contributed by atoms with van der Waals surface area (Å²) < 4.78 is 0. The van der Waals surface area contributed by atoms with Crippen molar-refractivity contribution in [2.45, 2.75) is 32.1 Å². The fourth-order valence-corrected chi connectivity index (χ4v) is 3.85. The number of hydrogen-bond donors (Lipinski definition) is 1. The Balaban J connectivity index is 1.50. The fourth-order valence-electron chi connectivity index (χ4n) is 3.85. The highest BCUT2D eigenvalue weighted by molar-refractivity contribution is 5.92. The first kappa shape index (κ1) is 15.1. The van der Waals surface area contributed by atoms with Gasteiger partial charge in [0.2, 0.25) is 5.91 Å². The number of rotatable bonds is 3. The average molecular weight is 297 g/mol. The van der Waals surface area contributed by atoms with Gasteiger partial charge < -0.3 is 5.32 Å². The number of anilines is 1. The van der Waals surface area contributed by atoms with Crippen LogP contribution in [-0.4, -0.2) is 30.4 Å². The summed E-state index contributed by atoms with van der Waals surface area (Å²) in [5.41, 5.74) is 1.37. The number of likely N-dealkylation sites (tertiary alicyclic amines) is 1. The molecule has 1 saturated heterocycles. The predicted octanol–water partition coefficient (Wildman–Crippen LogP) is 3.01. The number of piperidine rings is 1. The van der Waals surface area contributed by atoms with Gasteiger partial charge in [-0.15, -0.1) is 0 Å². The van der Waals surface area contributed by atoms with E-state index < -0.39 is 0 Å². The molecule has 1 amide bonds. The maximum absolute atomic E-state index is 12.2. The van der Waals surface area contributed by atoms with Crippen molar-refractivity contribution >= 4 is 11.6 Å². The molecule has 4 heteroatoms. The Bertz CT molecular complexity index is 561. The van der Waals surface area contributed by atoms with Crippen molar-refractivity contribution in [3.63, 3.8) is 0 Å². The highest BCUT2D eigenvalue weighted by Crippen LogP contribution is 2.35. The third-order valence-electron chi connectivity index (χ3n) is 5.04. The molecule has 0 unspecified atom stereocenters. The van der Waals surface area contributed by atoms with E-state index in [2.05, 4.69) is 16.3 Å². The van der Waals surface area contributed by atoms with Crippen LogP contribution in [0.1, 0.15) is 37.7 Å². The van der Waals surface area contributed by atoms with Gasteiger partial charge in [0.1, 0.15) is 0 Å². The molecule has 0 bridgehead atoms. The van der Waals surface area contributed by atoms with Crippen molar-refractivity contribution in [3.05, 3.63) is 29.8 Å². The van der Waals surface area contributed by atoms with Gasteiger partial charge in [0.25, 0.3) is 0 Å². The van der Waals surface area contributed by atoms with E-state index in [4.69, 9.17) is 5.26 Å². The minimum atomic E-state index is 0.0407. The van der Waals surface area contributed by atoms with Crippen molar-refractivity contribution in [2.75, 3.05) is 25.0 Å². The summed E-state index contributed by atoms with van der Waals surface area (Å²) >= 11 is 0. The lowest BCUT2D eigenvalue weighted by Crippen LogP contribution is -2.44. The molecule has 2 atom stereocenters. The third kappa shape index (κ3) is 3.66. The monoisotopic (exact) mass is 297 g/mol. The van der Waals surface area contributed by atoms with Gasteiger partial charge >= 0.3 is 0 Å². The molecular formula is C18H23N3O. The van der Waals surface area contributed by atoms with E-state index in [0.717, 1.165) is 30.6 Å². The van der Waals surface area contributed by atoms with Gasteiger partial charge in [-0.2, -0.15) is 5.26 Å². The first-order chi connectivity index (χ1) is 10.7. The number of carbonyl (C=O) groups is 1. The fraction of sp³-hybridized carbons (Fsp3) is 0.556. The molecule has 1 aromatic carbocycles. The van der Waals surface area contributed by atoms with Gasteiger partial charge in [-0.3, -0.25) is 9.69 Å². The van der Waals surface area contributed by atoms with Crippen LogP contribution in [0.3, 0.4) is 0 Å². The van der Waals surface area contributed by atoms with Crippen LogP contribution in [0.5, 0.6) is 0 Å². The van der Waals surface area contributed by atoms with Crippen LogP contribution in [0.15, 0.2) is 24.3 Å². The Morgan fingerprint density at radius 2 is 1.91 bits per heavy atom. The van der Waals surface area contributed by atoms with Crippen molar-refractivity contribution in [2.24, 2.45) is 11.8 Å². The van der Waals surface area contributed by atoms with E-state index in [1.807, 2.05) is 0 Å². The van der Waals surface area contributed by atoms with E-state index in [9.17, 15) is 4.79 Å². The average Bonchev–Trinajstić information content (AvgIpc) is 2.55. The van der Waals surface area contributed by atoms with Crippen molar-refractivity contribution < 1.29 is 4.79 Å². The van der Waals surface area contributed by atoms with Crippen molar-refractivity contribution in [1.29, 1.82) is 5.26 Å². The summed E-state index contributed by atoms with van der Waals surface area (Å²) in [6, 6.07) is 9.09. The molecule has 4 nitrogen and oxygen atoms in total. The Morgan fingerprint density at radius 1 is 1.18 bits per heavy atom. The van der Waals surface area contributed by atoms with Crippen molar-refractivity contribution in [3.8, 4) is 6.07 Å². The molecule has 2 aliphatic rings. The molecule has 0 spiro atoms. The summed E-state index contributed by atoms with van der Waals surface area (Å²) in [5.74, 6) is 1.73. The van der Waals surface area contributed by atoms with E-state index >= 15 is 0 Å². The van der Waals surface area contributed by atoms with Gasteiger partial charge in [0, 0.05) is 12.2 Å². The lowest BCUT2D eigenvalue weighted by atomic mass is 9.75. The zero-order valence-corrected chi connectivity index (χ0v) is 12.9. The molecule has 1 heterocycles. The molecule has 1 aliphatic carbocycles. The van der Waals surface area contributed by atoms with Crippen LogP contribution >= 0.6 is 0 Å². The SMILES string of the molecule is N#Cc1ccc(NC(=O)CN2CC[C@@H]3CCCC[C@@H]3C2)cc1. The molecule has 0 aromatic heterocycles. The first-order valence-electron chi connectivity index (χ1n) is 8.27. The van der Waals surface area contributed by atoms with Crippen LogP contribution in [0.4, 0.5) is 5.69 Å². The van der Waals surface area contributed by atoms with E-state index in [0.29, 0.717) is 12.1 Å². The zero-order chi connectivity index (χ0) is 15.4. The van der Waals surface area contributed by atoms with E-state index in [1.165, 1.54) is 32.1 Å². The van der Waals surface area contributed by atoms with Crippen LogP contribution in [0, 0.1) is 23.2 Å². The Hall–Kier alpha value is -1.86. The third-order valence-corrected chi connectivity index (χ3v) is 5.04.